The molecule has 0 aliphatic heterocycles. The van der Waals surface area contributed by atoms with Crippen LogP contribution in [0.25, 0.3) is 67.6 Å². The van der Waals surface area contributed by atoms with Gasteiger partial charge in [0.05, 0.1) is 29.2 Å². The molecular weight excluding hydrogens is 1300 g/mol. The molecule has 9 heterocycles. The van der Waals surface area contributed by atoms with E-state index in [0.29, 0.717) is 86.0 Å². The third-order valence-electron chi connectivity index (χ3n) is 15.8. The van der Waals surface area contributed by atoms with Crippen LogP contribution >= 0.6 is 34.8 Å². The number of hydrogen-bond acceptors (Lipinski definition) is 13. The van der Waals surface area contributed by atoms with Crippen LogP contribution in [0.5, 0.6) is 0 Å². The summed E-state index contributed by atoms with van der Waals surface area (Å²) in [5, 5.41) is 29.2. The first-order valence-corrected chi connectivity index (χ1v) is 31.0. The molecule has 3 aromatic carbocycles. The molecule has 482 valence electrons. The van der Waals surface area contributed by atoms with Crippen molar-refractivity contribution in [3.8, 4) is 45.0 Å². The van der Waals surface area contributed by atoms with Gasteiger partial charge in [-0.05, 0) is 122 Å². The van der Waals surface area contributed by atoms with E-state index in [1.807, 2.05) is 38.1 Å². The molecule has 21 nitrogen and oxygen atoms in total. The molecule has 0 radical (unpaired) electrons. The van der Waals surface area contributed by atoms with Crippen LogP contribution < -0.4 is 21.3 Å². The van der Waals surface area contributed by atoms with E-state index in [2.05, 4.69) is 66.6 Å². The molecule has 16 rings (SSSR count). The lowest BCUT2D eigenvalue weighted by atomic mass is 10.0. The van der Waals surface area contributed by atoms with Crippen molar-refractivity contribution in [1.82, 2.24) is 84.6 Å². The van der Waals surface area contributed by atoms with Crippen LogP contribution in [0.3, 0.4) is 0 Å². The summed E-state index contributed by atoms with van der Waals surface area (Å²) in [4.78, 5) is 71.4. The zero-order valence-corrected chi connectivity index (χ0v) is 52.5. The Bertz CT molecular complexity index is 4850. The van der Waals surface area contributed by atoms with Crippen molar-refractivity contribution in [2.45, 2.75) is 95.3 Å². The summed E-state index contributed by atoms with van der Waals surface area (Å²) in [6, 6.07) is 29.4. The lowest BCUT2D eigenvalue weighted by Gasteiger charge is -2.08. The number of carbonyl (C=O) groups is 4. The van der Waals surface area contributed by atoms with Gasteiger partial charge in [-0.15, -0.1) is 0 Å². The molecule has 0 spiro atoms. The summed E-state index contributed by atoms with van der Waals surface area (Å²) >= 11 is 18.3. The second-order valence-electron chi connectivity index (χ2n) is 23.0. The van der Waals surface area contributed by atoms with Gasteiger partial charge >= 0.3 is 0 Å². The quantitative estimate of drug-likeness (QED) is 0.0832. The van der Waals surface area contributed by atoms with Gasteiger partial charge < -0.3 is 21.3 Å². The minimum Gasteiger partial charge on any atom is -0.345 e. The minimum atomic E-state index is -1.02. The molecule has 12 aromatic rings. The molecule has 4 saturated carbocycles. The number of carbonyl (C=O) groups excluding carboxylic acids is 4. The number of pyridine rings is 1. The van der Waals surface area contributed by atoms with E-state index in [-0.39, 0.29) is 34.0 Å². The van der Waals surface area contributed by atoms with Crippen LogP contribution in [0.2, 0.25) is 15.1 Å². The first kappa shape index (κ1) is 63.4. The molecule has 4 fully saturated rings. The van der Waals surface area contributed by atoms with E-state index in [4.69, 9.17) is 34.8 Å². The maximum absolute atomic E-state index is 14.5. The molecule has 4 aliphatic rings. The van der Waals surface area contributed by atoms with E-state index in [0.717, 1.165) is 27.8 Å². The highest BCUT2D eigenvalue weighted by molar-refractivity contribution is 6.32. The monoisotopic (exact) mass is 1350 g/mol. The second kappa shape index (κ2) is 26.2. The molecule has 0 bridgehead atoms. The fourth-order valence-corrected chi connectivity index (χ4v) is 11.0. The number of rotatable bonds is 12. The third-order valence-corrected chi connectivity index (χ3v) is 16.6. The number of alkyl halides is 4. The lowest BCUT2D eigenvalue weighted by molar-refractivity contribution is 0.0936. The van der Waals surface area contributed by atoms with Gasteiger partial charge in [-0.25, -0.2) is 59.9 Å². The molecule has 9 aromatic heterocycles. The van der Waals surface area contributed by atoms with Crippen molar-refractivity contribution >= 4 is 81.0 Å². The van der Waals surface area contributed by atoms with Gasteiger partial charge in [0.1, 0.15) is 53.3 Å². The number of imidazole rings is 4. The fraction of sp³-hybridized carbons (Fsp3) is 0.227. The number of aryl methyl sites for hydroxylation is 3. The SMILES string of the molecule is Cc1cc(Cl)ccc1-c1c(C(=O)N[C@@H]2C[C@@H]2F)nc2cccnn12.Cc1ccc(-c2c(C(=O)N[C@@H]3C[C@@H]3F)nc3cccnn23)c(F)c1.Cc1ccc(-c2c(C(=O)N[C@@H]3C[C@@H]3F)nc3cccnn23)cc1Cl.O=C(N[C@@H]1C[C@@H]1F)c1nc2cccnn2c1-c1cncc(Cl)c1. The zero-order chi connectivity index (χ0) is 66.5. The Kier molecular flexibility index (Phi) is 17.5. The Labute approximate surface area is 551 Å². The number of fused-ring (bicyclic) bond motifs is 4. The topological polar surface area (TPSA) is 250 Å². The summed E-state index contributed by atoms with van der Waals surface area (Å²) in [7, 11) is 0. The van der Waals surface area contributed by atoms with Crippen molar-refractivity contribution < 1.29 is 41.1 Å². The smallest absolute Gasteiger partial charge is 0.272 e. The second-order valence-corrected chi connectivity index (χ2v) is 24.3. The lowest BCUT2D eigenvalue weighted by Crippen LogP contribution is -2.28. The molecule has 4 N–H and O–H groups in total. The highest BCUT2D eigenvalue weighted by atomic mass is 35.5. The van der Waals surface area contributed by atoms with E-state index < -0.39 is 78.3 Å². The van der Waals surface area contributed by atoms with Crippen molar-refractivity contribution in [3.63, 3.8) is 0 Å². The molecule has 95 heavy (non-hydrogen) atoms. The Balaban J connectivity index is 0.000000115. The molecular formula is C66H53Cl3F5N17O4. The summed E-state index contributed by atoms with van der Waals surface area (Å²) < 4.78 is 73.0. The highest BCUT2D eigenvalue weighted by Gasteiger charge is 2.43. The molecule has 4 amide bonds. The summed E-state index contributed by atoms with van der Waals surface area (Å²) in [6.07, 6.45) is 6.85. The van der Waals surface area contributed by atoms with Crippen LogP contribution in [0.1, 0.15) is 84.3 Å². The Hall–Kier alpha value is -10.3. The third kappa shape index (κ3) is 13.6. The van der Waals surface area contributed by atoms with Crippen molar-refractivity contribution in [1.29, 1.82) is 0 Å². The number of nitrogens with one attached hydrogen (secondary N) is 4. The summed E-state index contributed by atoms with van der Waals surface area (Å²) in [6.45, 7) is 5.59. The van der Waals surface area contributed by atoms with E-state index in [9.17, 15) is 41.1 Å². The Morgan fingerprint density at radius 1 is 0.432 bits per heavy atom. The Morgan fingerprint density at radius 2 is 0.821 bits per heavy atom. The average Bonchev–Trinajstić information content (AvgIpc) is 1.66. The van der Waals surface area contributed by atoms with Crippen LogP contribution in [0.15, 0.2) is 146 Å². The predicted molar refractivity (Wildman–Crippen MR) is 344 cm³/mol. The van der Waals surface area contributed by atoms with Gasteiger partial charge in [-0.3, -0.25) is 24.2 Å². The average molecular weight is 1350 g/mol. The molecule has 0 saturated heterocycles. The number of nitrogens with zero attached hydrogens (tertiary/aromatic N) is 13. The minimum absolute atomic E-state index is 0.0375. The first-order chi connectivity index (χ1) is 45.8. The molecule has 29 heteroatoms. The van der Waals surface area contributed by atoms with Crippen LogP contribution in [-0.4, -0.2) is 136 Å². The number of halogens is 8. The van der Waals surface area contributed by atoms with Crippen molar-refractivity contribution in [3.05, 3.63) is 207 Å². The van der Waals surface area contributed by atoms with Crippen LogP contribution in [-0.2, 0) is 0 Å². The summed E-state index contributed by atoms with van der Waals surface area (Å²) in [5.74, 6) is -2.23. The van der Waals surface area contributed by atoms with E-state index in [1.165, 1.54) is 23.0 Å². The standard InChI is InChI=1S/2C17H14ClFN4O.C17H14F2N4O.C15H11ClFN5O/c1-9-7-10(18)4-5-11(9)16-15(17(24)21-13-8-12(13)19)22-14-3-2-6-20-23(14)16;1-9-4-5-10(7-11(9)18)16-15(17(24)21-13-8-12(13)19)22-14-3-2-6-20-23(14)16;1-9-4-5-10(11(18)7-9)16-15(17(24)21-13-8-12(13)19)22-14-3-2-6-20-23(14)16;16-9-4-8(6-18-7-9)14-13(15(23)20-11-5-10(11)17)21-12-2-1-3-19-22(12)14/h3*2-7,12-13H,8H2,1H3,(H,21,24);1-4,6-7,10-11H,5H2,(H,20,23)/t3*12-,13+;10-,11+/m0000/s1. The zero-order valence-electron chi connectivity index (χ0n) is 50.3. The summed E-state index contributed by atoms with van der Waals surface area (Å²) in [5.41, 5.74) is 9.53. The van der Waals surface area contributed by atoms with Gasteiger partial charge in [0.25, 0.3) is 23.6 Å². The van der Waals surface area contributed by atoms with Gasteiger partial charge in [0.15, 0.2) is 45.4 Å². The van der Waals surface area contributed by atoms with Crippen molar-refractivity contribution in [2.24, 2.45) is 0 Å². The van der Waals surface area contributed by atoms with Crippen molar-refractivity contribution in [2.75, 3.05) is 0 Å². The molecule has 4 aliphatic carbocycles. The van der Waals surface area contributed by atoms with Gasteiger partial charge in [0, 0.05) is 95.2 Å². The maximum atomic E-state index is 14.5. The highest BCUT2D eigenvalue weighted by Crippen LogP contribution is 2.35. The molecule has 0 unspecified atom stereocenters. The van der Waals surface area contributed by atoms with Crippen LogP contribution in [0.4, 0.5) is 22.0 Å². The van der Waals surface area contributed by atoms with Gasteiger partial charge in [-0.1, -0.05) is 59.1 Å². The van der Waals surface area contributed by atoms with E-state index >= 15 is 0 Å². The first-order valence-electron chi connectivity index (χ1n) is 29.8. The fourth-order valence-electron chi connectivity index (χ4n) is 10.4. The molecule has 8 atom stereocenters. The van der Waals surface area contributed by atoms with Gasteiger partial charge in [-0.2, -0.15) is 20.4 Å². The van der Waals surface area contributed by atoms with Crippen LogP contribution in [0, 0.1) is 26.6 Å². The number of amides is 4. The predicted octanol–water partition coefficient (Wildman–Crippen LogP) is 11.4. The largest absolute Gasteiger partial charge is 0.345 e. The number of benzene rings is 3. The Morgan fingerprint density at radius 3 is 1.21 bits per heavy atom. The number of aromatic nitrogens is 13. The maximum Gasteiger partial charge on any atom is 0.272 e. The normalized spacial score (nSPS) is 19.5. The van der Waals surface area contributed by atoms with E-state index in [1.54, 1.807) is 124 Å². The van der Waals surface area contributed by atoms with Gasteiger partial charge in [0.2, 0.25) is 0 Å². The number of hydrogen-bond donors (Lipinski definition) is 4.